The van der Waals surface area contributed by atoms with Gasteiger partial charge in [-0.2, -0.15) is 0 Å². The van der Waals surface area contributed by atoms with Gasteiger partial charge in [0, 0.05) is 40.3 Å². The molecule has 0 unspecified atom stereocenters. The van der Waals surface area contributed by atoms with E-state index in [1.165, 1.54) is 12.1 Å². The zero-order valence-electron chi connectivity index (χ0n) is 16.9. The second-order valence-electron chi connectivity index (χ2n) is 7.38. The normalized spacial score (nSPS) is 12.8. The first-order valence-electron chi connectivity index (χ1n) is 9.81. The molecule has 2 aromatic heterocycles. The Kier molecular flexibility index (Phi) is 5.40. The Morgan fingerprint density at radius 1 is 1.00 bits per heavy atom. The van der Waals surface area contributed by atoms with Gasteiger partial charge in [-0.1, -0.05) is 6.07 Å². The van der Waals surface area contributed by atoms with Gasteiger partial charge in [0.1, 0.15) is 11.6 Å². The molecule has 0 saturated carbocycles. The number of carbonyl (C=O) groups is 1. The van der Waals surface area contributed by atoms with Gasteiger partial charge >= 0.3 is 0 Å². The van der Waals surface area contributed by atoms with Crippen molar-refractivity contribution in [2.75, 3.05) is 16.7 Å². The number of nitrogens with one attached hydrogen (secondary N) is 1. The van der Waals surface area contributed by atoms with Crippen LogP contribution in [0.3, 0.4) is 0 Å². The zero-order valence-corrected chi connectivity index (χ0v) is 18.6. The Labute approximate surface area is 192 Å². The van der Waals surface area contributed by atoms with Gasteiger partial charge in [0.15, 0.2) is 0 Å². The van der Waals surface area contributed by atoms with Crippen molar-refractivity contribution in [3.8, 4) is 20.9 Å². The Hall–Kier alpha value is -3.23. The van der Waals surface area contributed by atoms with Crippen LogP contribution in [-0.2, 0) is 11.2 Å². The number of aromatic nitrogens is 1. The molecule has 4 aromatic rings. The number of halogens is 2. The van der Waals surface area contributed by atoms with Crippen LogP contribution in [0.15, 0.2) is 71.9 Å². The average Bonchev–Trinajstić information content (AvgIpc) is 3.38. The summed E-state index contributed by atoms with van der Waals surface area (Å²) in [4.78, 5) is 20.4. The third-order valence-electron chi connectivity index (χ3n) is 5.24. The van der Waals surface area contributed by atoms with Gasteiger partial charge in [0.2, 0.25) is 5.91 Å². The minimum Gasteiger partial charge on any atom is -0.324 e. The van der Waals surface area contributed by atoms with E-state index in [0.29, 0.717) is 17.0 Å². The van der Waals surface area contributed by atoms with E-state index in [0.717, 1.165) is 50.1 Å². The molecular weight excluding hydrogens is 448 g/mol. The highest BCUT2D eigenvalue weighted by Gasteiger charge is 2.24. The summed E-state index contributed by atoms with van der Waals surface area (Å²) in [6, 6.07) is 15.6. The molecule has 8 heteroatoms. The monoisotopic (exact) mass is 465 g/mol. The fraction of sp³-hybridized carbons (Fsp3) is 0.0833. The van der Waals surface area contributed by atoms with Crippen molar-refractivity contribution in [1.29, 1.82) is 0 Å². The molecule has 0 atom stereocenters. The van der Waals surface area contributed by atoms with Crippen molar-refractivity contribution in [2.24, 2.45) is 0 Å². The molecule has 0 bridgehead atoms. The summed E-state index contributed by atoms with van der Waals surface area (Å²) < 4.78 is 30.0. The molecular formula is C24H17F2N3OS2. The van der Waals surface area contributed by atoms with E-state index < -0.39 is 11.6 Å². The molecule has 32 heavy (non-hydrogen) atoms. The Balaban J connectivity index is 1.35. The van der Waals surface area contributed by atoms with Crippen molar-refractivity contribution < 1.29 is 13.6 Å². The molecule has 0 aliphatic carbocycles. The highest BCUT2D eigenvalue weighted by atomic mass is 32.2. The van der Waals surface area contributed by atoms with Crippen molar-refractivity contribution >= 4 is 40.6 Å². The highest BCUT2D eigenvalue weighted by Crippen LogP contribution is 2.38. The average molecular weight is 466 g/mol. The number of anilines is 2. The predicted molar refractivity (Wildman–Crippen MR) is 126 cm³/mol. The summed E-state index contributed by atoms with van der Waals surface area (Å²) >= 11 is 2.71. The second-order valence-corrected chi connectivity index (χ2v) is 9.31. The Bertz CT molecular complexity index is 1340. The smallest absolute Gasteiger partial charge is 0.231 e. The van der Waals surface area contributed by atoms with Gasteiger partial charge in [0.25, 0.3) is 0 Å². The molecule has 0 radical (unpaired) electrons. The van der Waals surface area contributed by atoms with Crippen molar-refractivity contribution in [3.05, 3.63) is 84.2 Å². The van der Waals surface area contributed by atoms with E-state index >= 15 is 0 Å². The molecule has 2 aromatic carbocycles. The summed E-state index contributed by atoms with van der Waals surface area (Å²) in [5, 5.41) is 0. The molecule has 0 fully saturated rings. The van der Waals surface area contributed by atoms with Gasteiger partial charge in [0.05, 0.1) is 23.2 Å². The number of pyridine rings is 1. The van der Waals surface area contributed by atoms with Gasteiger partial charge in [-0.15, -0.1) is 11.3 Å². The van der Waals surface area contributed by atoms with Crippen LogP contribution < -0.4 is 9.62 Å². The SMILES string of the molecule is CN1C(=O)Cc2cc(-c3ccc(-c4cncc(NSc5ccc(F)cc5F)c4)s3)ccc21. The minimum atomic E-state index is -0.614. The van der Waals surface area contributed by atoms with Crippen LogP contribution in [0.2, 0.25) is 0 Å². The van der Waals surface area contributed by atoms with Crippen LogP contribution in [0.1, 0.15) is 5.56 Å². The summed E-state index contributed by atoms with van der Waals surface area (Å²) in [6.07, 6.45) is 3.86. The van der Waals surface area contributed by atoms with Crippen LogP contribution in [0.4, 0.5) is 20.2 Å². The zero-order chi connectivity index (χ0) is 22.2. The number of rotatable bonds is 5. The third-order valence-corrected chi connectivity index (χ3v) is 7.31. The van der Waals surface area contributed by atoms with E-state index in [9.17, 15) is 13.6 Å². The number of nitrogens with zero attached hydrogens (tertiary/aromatic N) is 2. The van der Waals surface area contributed by atoms with Gasteiger partial charge < -0.3 is 9.62 Å². The van der Waals surface area contributed by atoms with Crippen LogP contribution >= 0.6 is 23.3 Å². The van der Waals surface area contributed by atoms with E-state index in [-0.39, 0.29) is 5.91 Å². The summed E-state index contributed by atoms with van der Waals surface area (Å²) in [7, 11) is 1.80. The number of fused-ring (bicyclic) bond motifs is 1. The molecule has 3 heterocycles. The summed E-state index contributed by atoms with van der Waals surface area (Å²) in [6.45, 7) is 0. The lowest BCUT2D eigenvalue weighted by atomic mass is 10.1. The lowest BCUT2D eigenvalue weighted by Gasteiger charge is -2.10. The number of thiophene rings is 1. The van der Waals surface area contributed by atoms with Gasteiger partial charge in [-0.05, 0) is 65.5 Å². The van der Waals surface area contributed by atoms with Gasteiger partial charge in [-0.3, -0.25) is 9.78 Å². The lowest BCUT2D eigenvalue weighted by Crippen LogP contribution is -2.20. The van der Waals surface area contributed by atoms with Crippen LogP contribution in [-0.4, -0.2) is 17.9 Å². The molecule has 0 spiro atoms. The van der Waals surface area contributed by atoms with Crippen LogP contribution in [0, 0.1) is 11.6 Å². The number of hydrogen-bond acceptors (Lipinski definition) is 5. The maximum Gasteiger partial charge on any atom is 0.231 e. The predicted octanol–water partition coefficient (Wildman–Crippen LogP) is 6.39. The Morgan fingerprint density at radius 2 is 1.81 bits per heavy atom. The Morgan fingerprint density at radius 3 is 2.62 bits per heavy atom. The number of carbonyl (C=O) groups excluding carboxylic acids is 1. The number of likely N-dealkylation sites (N-methyl/N-ethyl adjacent to an activating group) is 1. The maximum atomic E-state index is 13.9. The molecule has 160 valence electrons. The molecule has 5 rings (SSSR count). The number of hydrogen-bond donors (Lipinski definition) is 1. The maximum absolute atomic E-state index is 13.9. The number of amides is 1. The van der Waals surface area contributed by atoms with E-state index in [1.807, 2.05) is 24.3 Å². The topological polar surface area (TPSA) is 45.2 Å². The van der Waals surface area contributed by atoms with E-state index in [4.69, 9.17) is 0 Å². The van der Waals surface area contributed by atoms with Crippen LogP contribution in [0.25, 0.3) is 20.9 Å². The van der Waals surface area contributed by atoms with Crippen molar-refractivity contribution in [2.45, 2.75) is 11.3 Å². The number of benzene rings is 2. The van der Waals surface area contributed by atoms with E-state index in [1.54, 1.807) is 35.7 Å². The van der Waals surface area contributed by atoms with Gasteiger partial charge in [-0.25, -0.2) is 8.78 Å². The summed E-state index contributed by atoms with van der Waals surface area (Å²) in [5.41, 5.74) is 4.73. The molecule has 0 saturated heterocycles. The second kappa shape index (κ2) is 8.37. The first kappa shape index (κ1) is 20.7. The fourth-order valence-electron chi connectivity index (χ4n) is 3.57. The largest absolute Gasteiger partial charge is 0.324 e. The first-order valence-corrected chi connectivity index (χ1v) is 11.4. The van der Waals surface area contributed by atoms with Crippen LogP contribution in [0.5, 0.6) is 0 Å². The third kappa shape index (κ3) is 3.99. The molecule has 1 aliphatic heterocycles. The lowest BCUT2D eigenvalue weighted by molar-refractivity contribution is -0.117. The quantitative estimate of drug-likeness (QED) is 0.347. The summed E-state index contributed by atoms with van der Waals surface area (Å²) in [5.74, 6) is -1.11. The molecule has 4 nitrogen and oxygen atoms in total. The van der Waals surface area contributed by atoms with E-state index in [2.05, 4.69) is 21.8 Å². The highest BCUT2D eigenvalue weighted by molar-refractivity contribution is 8.00. The molecule has 1 N–H and O–H groups in total. The molecule has 1 amide bonds. The fourth-order valence-corrected chi connectivity index (χ4v) is 5.19. The van der Waals surface area contributed by atoms with Crippen molar-refractivity contribution in [3.63, 3.8) is 0 Å². The molecule has 1 aliphatic rings. The van der Waals surface area contributed by atoms with Crippen molar-refractivity contribution in [1.82, 2.24) is 4.98 Å². The standard InChI is InChI=1S/C24H17F2N3OS2/c1-29-20-4-2-14(8-15(20)10-24(29)30)21-6-7-22(31-21)16-9-18(13-27-12-16)28-32-23-5-3-17(25)11-19(23)26/h2-9,11-13,28H,10H2,1H3. The first-order chi connectivity index (χ1) is 15.5. The minimum absolute atomic E-state index is 0.109.